The number of phenolic OH excluding ortho intramolecular Hbond substituents is 1. The maximum atomic E-state index is 11.6. The van der Waals surface area contributed by atoms with Gasteiger partial charge in [-0.2, -0.15) is 0 Å². The first-order chi connectivity index (χ1) is 8.94. The molecule has 0 aliphatic carbocycles. The summed E-state index contributed by atoms with van der Waals surface area (Å²) in [6, 6.07) is 4.10. The Hall–Kier alpha value is -1.05. The van der Waals surface area contributed by atoms with Gasteiger partial charge in [-0.1, -0.05) is 0 Å². The molecule has 7 heteroatoms. The highest BCUT2D eigenvalue weighted by Gasteiger charge is 2.52. The van der Waals surface area contributed by atoms with Crippen molar-refractivity contribution in [1.29, 1.82) is 0 Å². The quantitative estimate of drug-likeness (QED) is 0.828. The molecular formula is C13H19BO5S. The van der Waals surface area contributed by atoms with Crippen LogP contribution in [0.2, 0.25) is 0 Å². The van der Waals surface area contributed by atoms with Crippen molar-refractivity contribution in [1.82, 2.24) is 0 Å². The molecule has 0 unspecified atom stereocenters. The van der Waals surface area contributed by atoms with E-state index in [1.54, 1.807) is 0 Å². The number of sulfone groups is 1. The van der Waals surface area contributed by atoms with E-state index in [0.717, 1.165) is 6.26 Å². The van der Waals surface area contributed by atoms with E-state index in [1.807, 2.05) is 27.7 Å². The maximum absolute atomic E-state index is 11.6. The number of aromatic hydroxyl groups is 1. The monoisotopic (exact) mass is 298 g/mol. The third kappa shape index (κ3) is 2.57. The van der Waals surface area contributed by atoms with Crippen LogP contribution in [0, 0.1) is 0 Å². The van der Waals surface area contributed by atoms with Crippen molar-refractivity contribution in [2.75, 3.05) is 6.26 Å². The van der Waals surface area contributed by atoms with Gasteiger partial charge in [0.05, 0.1) is 16.1 Å². The highest BCUT2D eigenvalue weighted by molar-refractivity contribution is 7.90. The number of rotatable bonds is 2. The van der Waals surface area contributed by atoms with Gasteiger partial charge in [0.25, 0.3) is 0 Å². The summed E-state index contributed by atoms with van der Waals surface area (Å²) in [4.78, 5) is 0.125. The molecule has 110 valence electrons. The lowest BCUT2D eigenvalue weighted by Crippen LogP contribution is -2.41. The first-order valence-corrected chi connectivity index (χ1v) is 8.22. The summed E-state index contributed by atoms with van der Waals surface area (Å²) in [6.45, 7) is 7.57. The summed E-state index contributed by atoms with van der Waals surface area (Å²) in [5, 5.41) is 9.95. The summed E-state index contributed by atoms with van der Waals surface area (Å²) in [6.07, 6.45) is 1.12. The molecule has 20 heavy (non-hydrogen) atoms. The molecule has 0 radical (unpaired) electrons. The van der Waals surface area contributed by atoms with Crippen molar-refractivity contribution in [2.45, 2.75) is 43.8 Å². The molecule has 0 aromatic heterocycles. The smallest absolute Gasteiger partial charge is 0.498 e. The highest BCUT2D eigenvalue weighted by Crippen LogP contribution is 2.37. The van der Waals surface area contributed by atoms with E-state index in [0.29, 0.717) is 5.46 Å². The highest BCUT2D eigenvalue weighted by atomic mass is 32.2. The molecule has 2 rings (SSSR count). The molecule has 1 aromatic carbocycles. The van der Waals surface area contributed by atoms with Crippen LogP contribution in [0.5, 0.6) is 5.75 Å². The molecule has 5 nitrogen and oxygen atoms in total. The zero-order chi connectivity index (χ0) is 15.3. The van der Waals surface area contributed by atoms with E-state index >= 15 is 0 Å². The summed E-state index contributed by atoms with van der Waals surface area (Å²) < 4.78 is 34.8. The molecule has 1 heterocycles. The van der Waals surface area contributed by atoms with Crippen LogP contribution >= 0.6 is 0 Å². The third-order valence-corrected chi connectivity index (χ3v) is 5.04. The molecule has 1 fully saturated rings. The van der Waals surface area contributed by atoms with E-state index in [9.17, 15) is 13.5 Å². The SMILES string of the molecule is CC1(C)OB(c2cc(S(C)(=O)=O)ccc2O)OC1(C)C. The molecule has 1 saturated heterocycles. The van der Waals surface area contributed by atoms with E-state index in [2.05, 4.69) is 0 Å². The normalized spacial score (nSPS) is 21.1. The van der Waals surface area contributed by atoms with Crippen LogP contribution < -0.4 is 5.46 Å². The Morgan fingerprint density at radius 3 is 2.05 bits per heavy atom. The lowest BCUT2D eigenvalue weighted by Gasteiger charge is -2.32. The van der Waals surface area contributed by atoms with Gasteiger partial charge < -0.3 is 14.4 Å². The summed E-state index contributed by atoms with van der Waals surface area (Å²) >= 11 is 0. The van der Waals surface area contributed by atoms with Crippen LogP contribution in [0.4, 0.5) is 0 Å². The van der Waals surface area contributed by atoms with E-state index in [1.165, 1.54) is 18.2 Å². The largest absolute Gasteiger partial charge is 0.508 e. The maximum Gasteiger partial charge on any atom is 0.498 e. The first-order valence-electron chi connectivity index (χ1n) is 6.33. The Kier molecular flexibility index (Phi) is 3.44. The minimum absolute atomic E-state index is 0.0455. The molecule has 0 amide bonds. The molecule has 1 aliphatic heterocycles. The molecule has 1 aromatic rings. The average Bonchev–Trinajstić information content (AvgIpc) is 2.46. The molecule has 0 spiro atoms. The fourth-order valence-corrected chi connectivity index (χ4v) is 2.58. The zero-order valence-electron chi connectivity index (χ0n) is 12.3. The number of benzene rings is 1. The second-order valence-corrected chi connectivity index (χ2v) is 8.10. The van der Waals surface area contributed by atoms with Gasteiger partial charge in [0.15, 0.2) is 9.84 Å². The number of hydrogen-bond acceptors (Lipinski definition) is 5. The van der Waals surface area contributed by atoms with Gasteiger partial charge in [-0.05, 0) is 45.9 Å². The van der Waals surface area contributed by atoms with Crippen molar-refractivity contribution in [3.05, 3.63) is 18.2 Å². The number of hydrogen-bond donors (Lipinski definition) is 1. The van der Waals surface area contributed by atoms with Gasteiger partial charge in [-0.3, -0.25) is 0 Å². The van der Waals surface area contributed by atoms with Gasteiger partial charge in [0.1, 0.15) is 5.75 Å². The molecule has 1 aliphatic rings. The average molecular weight is 298 g/mol. The topological polar surface area (TPSA) is 72.8 Å². The zero-order valence-corrected chi connectivity index (χ0v) is 13.1. The van der Waals surface area contributed by atoms with Crippen LogP contribution in [0.15, 0.2) is 23.1 Å². The summed E-state index contributed by atoms with van der Waals surface area (Å²) in [7, 11) is -4.14. The van der Waals surface area contributed by atoms with E-state index < -0.39 is 28.2 Å². The van der Waals surface area contributed by atoms with Crippen molar-refractivity contribution in [3.63, 3.8) is 0 Å². The Labute approximate surface area is 120 Å². The molecular weight excluding hydrogens is 279 g/mol. The van der Waals surface area contributed by atoms with Crippen LogP contribution in [0.3, 0.4) is 0 Å². The minimum Gasteiger partial charge on any atom is -0.508 e. The molecule has 0 saturated carbocycles. The summed E-state index contributed by atoms with van der Waals surface area (Å²) in [5.41, 5.74) is -0.775. The lowest BCUT2D eigenvalue weighted by atomic mass is 9.78. The predicted octanol–water partition coefficient (Wildman–Crippen LogP) is 1.09. The fourth-order valence-electron chi connectivity index (χ4n) is 1.92. The van der Waals surface area contributed by atoms with Gasteiger partial charge in [-0.15, -0.1) is 0 Å². The van der Waals surface area contributed by atoms with Crippen LogP contribution in [-0.2, 0) is 19.1 Å². The van der Waals surface area contributed by atoms with Gasteiger partial charge in [-0.25, -0.2) is 8.42 Å². The van der Waals surface area contributed by atoms with Crippen molar-refractivity contribution < 1.29 is 22.8 Å². The Balaban J connectivity index is 2.45. The Bertz CT molecular complexity index is 620. The van der Waals surface area contributed by atoms with Gasteiger partial charge in [0, 0.05) is 11.7 Å². The lowest BCUT2D eigenvalue weighted by molar-refractivity contribution is 0.00578. The van der Waals surface area contributed by atoms with E-state index in [-0.39, 0.29) is 10.6 Å². The number of phenols is 1. The second-order valence-electron chi connectivity index (χ2n) is 6.08. The van der Waals surface area contributed by atoms with Crippen molar-refractivity contribution in [2.24, 2.45) is 0 Å². The van der Waals surface area contributed by atoms with Crippen LogP contribution in [-0.4, -0.2) is 38.1 Å². The Morgan fingerprint density at radius 1 is 1.10 bits per heavy atom. The van der Waals surface area contributed by atoms with Crippen LogP contribution in [0.1, 0.15) is 27.7 Å². The summed E-state index contributed by atoms with van der Waals surface area (Å²) in [5.74, 6) is -0.0455. The standard InChI is InChI=1S/C13H19BO5S/c1-12(2)13(3,4)19-14(18-12)10-8-9(20(5,16)17)6-7-11(10)15/h6-8,15H,1-5H3. The Morgan fingerprint density at radius 2 is 1.60 bits per heavy atom. The predicted molar refractivity (Wildman–Crippen MR) is 76.9 cm³/mol. The second kappa shape index (κ2) is 4.48. The molecule has 0 atom stereocenters. The van der Waals surface area contributed by atoms with E-state index in [4.69, 9.17) is 9.31 Å². The van der Waals surface area contributed by atoms with Gasteiger partial charge >= 0.3 is 7.12 Å². The van der Waals surface area contributed by atoms with Crippen molar-refractivity contribution in [3.8, 4) is 5.75 Å². The van der Waals surface area contributed by atoms with Crippen molar-refractivity contribution >= 4 is 22.4 Å². The molecule has 1 N–H and O–H groups in total. The van der Waals surface area contributed by atoms with Crippen LogP contribution in [0.25, 0.3) is 0 Å². The first kappa shape index (κ1) is 15.3. The van der Waals surface area contributed by atoms with Gasteiger partial charge in [0.2, 0.25) is 0 Å². The minimum atomic E-state index is -3.35. The molecule has 0 bridgehead atoms. The third-order valence-electron chi connectivity index (χ3n) is 3.93. The fraction of sp³-hybridized carbons (Fsp3) is 0.538.